The second-order valence-electron chi connectivity index (χ2n) is 8.01. The number of ether oxygens (including phenoxy) is 1. The van der Waals surface area contributed by atoms with E-state index in [1.807, 2.05) is 18.2 Å². The number of hydrogen-bond acceptors (Lipinski definition) is 5. The third kappa shape index (κ3) is 5.70. The second-order valence-corrected chi connectivity index (χ2v) is 8.87. The second kappa shape index (κ2) is 9.75. The molecule has 0 unspecified atom stereocenters. The Bertz CT molecular complexity index is 1100. The van der Waals surface area contributed by atoms with E-state index in [1.165, 1.54) is 16.4 Å². The summed E-state index contributed by atoms with van der Waals surface area (Å²) in [6.45, 7) is 6.87. The van der Waals surface area contributed by atoms with E-state index in [9.17, 15) is 10.1 Å². The fraction of sp³-hybridized carbons (Fsp3) is 0.304. The molecule has 2 heterocycles. The number of rotatable bonds is 7. The first kappa shape index (κ1) is 22.5. The van der Waals surface area contributed by atoms with Gasteiger partial charge in [-0.15, -0.1) is 0 Å². The van der Waals surface area contributed by atoms with Crippen molar-refractivity contribution in [1.82, 2.24) is 14.8 Å². The molecule has 0 saturated heterocycles. The lowest BCUT2D eigenvalue weighted by molar-refractivity contribution is -0.116. The summed E-state index contributed by atoms with van der Waals surface area (Å²) < 4.78 is 8.16. The highest BCUT2D eigenvalue weighted by Gasteiger charge is 2.17. The number of pyridine rings is 1. The molecule has 0 atom stereocenters. The highest BCUT2D eigenvalue weighted by Crippen LogP contribution is 2.31. The van der Waals surface area contributed by atoms with Gasteiger partial charge in [0.25, 0.3) is 0 Å². The molecule has 0 saturated carbocycles. The van der Waals surface area contributed by atoms with E-state index in [4.69, 9.17) is 4.74 Å². The number of amides is 1. The summed E-state index contributed by atoms with van der Waals surface area (Å²) >= 11 is 3.56. The Morgan fingerprint density at radius 1 is 1.29 bits per heavy atom. The molecule has 0 aliphatic carbocycles. The summed E-state index contributed by atoms with van der Waals surface area (Å²) in [4.78, 5) is 16.7. The monoisotopic (exact) mass is 481 g/mol. The lowest BCUT2D eigenvalue weighted by Gasteiger charge is -2.20. The zero-order valence-corrected chi connectivity index (χ0v) is 19.3. The van der Waals surface area contributed by atoms with Crippen LogP contribution in [0.3, 0.4) is 0 Å². The van der Waals surface area contributed by atoms with Crippen LogP contribution in [0.5, 0.6) is 5.75 Å². The SMILES string of the molecule is CC(C)(C)c1ccc(OCCCC(=O)Nc2c(C#N)cnn2-c2ccccn2)c(Br)c1. The van der Waals surface area contributed by atoms with Crippen LogP contribution < -0.4 is 10.1 Å². The molecule has 0 aliphatic heterocycles. The van der Waals surface area contributed by atoms with Gasteiger partial charge < -0.3 is 10.1 Å². The van der Waals surface area contributed by atoms with E-state index in [1.54, 1.807) is 18.3 Å². The third-order valence-corrected chi connectivity index (χ3v) is 5.24. The van der Waals surface area contributed by atoms with Crippen LogP contribution in [0, 0.1) is 11.3 Å². The van der Waals surface area contributed by atoms with Crippen LogP contribution >= 0.6 is 15.9 Å². The van der Waals surface area contributed by atoms with Crippen molar-refractivity contribution in [2.24, 2.45) is 0 Å². The minimum Gasteiger partial charge on any atom is -0.492 e. The summed E-state index contributed by atoms with van der Waals surface area (Å²) in [6, 6.07) is 13.4. The van der Waals surface area contributed by atoms with E-state index in [-0.39, 0.29) is 23.3 Å². The van der Waals surface area contributed by atoms with Crippen LogP contribution in [0.25, 0.3) is 5.82 Å². The zero-order valence-electron chi connectivity index (χ0n) is 17.7. The number of halogens is 1. The molecule has 0 spiro atoms. The third-order valence-electron chi connectivity index (χ3n) is 4.62. The number of nitriles is 1. The molecule has 1 N–H and O–H groups in total. The van der Waals surface area contributed by atoms with Crippen molar-refractivity contribution in [3.63, 3.8) is 0 Å². The summed E-state index contributed by atoms with van der Waals surface area (Å²) in [5.74, 6) is 1.35. The van der Waals surface area contributed by atoms with Gasteiger partial charge in [0.15, 0.2) is 11.6 Å². The van der Waals surface area contributed by atoms with E-state index in [0.29, 0.717) is 24.7 Å². The number of benzene rings is 1. The number of carbonyl (C=O) groups is 1. The van der Waals surface area contributed by atoms with Crippen LogP contribution in [0.2, 0.25) is 0 Å². The molecule has 2 aromatic heterocycles. The molecule has 0 aliphatic rings. The predicted molar refractivity (Wildman–Crippen MR) is 122 cm³/mol. The first-order chi connectivity index (χ1) is 14.8. The maximum atomic E-state index is 12.4. The van der Waals surface area contributed by atoms with E-state index in [2.05, 4.69) is 64.2 Å². The highest BCUT2D eigenvalue weighted by molar-refractivity contribution is 9.10. The zero-order chi connectivity index (χ0) is 22.4. The number of carbonyl (C=O) groups excluding carboxylic acids is 1. The topological polar surface area (TPSA) is 92.8 Å². The molecule has 7 nitrogen and oxygen atoms in total. The first-order valence-corrected chi connectivity index (χ1v) is 10.7. The Morgan fingerprint density at radius 3 is 2.74 bits per heavy atom. The summed E-state index contributed by atoms with van der Waals surface area (Å²) in [5.41, 5.74) is 1.55. The molecule has 1 aromatic carbocycles. The van der Waals surface area contributed by atoms with Gasteiger partial charge >= 0.3 is 0 Å². The standard InChI is InChI=1S/C23H24BrN5O2/c1-23(2,3)17-9-10-19(18(24)13-17)31-12-6-8-21(30)28-22-16(14-25)15-27-29(22)20-7-4-5-11-26-20/h4-5,7,9-11,13,15H,6,8,12H2,1-3H3,(H,28,30). The average Bonchev–Trinajstić information content (AvgIpc) is 3.14. The summed E-state index contributed by atoms with van der Waals surface area (Å²) in [6.07, 6.45) is 3.80. The average molecular weight is 482 g/mol. The molecule has 1 amide bonds. The number of nitrogens with one attached hydrogen (secondary N) is 1. The molecule has 8 heteroatoms. The van der Waals surface area contributed by atoms with Crippen LogP contribution in [0.15, 0.2) is 53.3 Å². The predicted octanol–water partition coefficient (Wildman–Crippen LogP) is 5.00. The Kier molecular flexibility index (Phi) is 7.08. The van der Waals surface area contributed by atoms with Crippen molar-refractivity contribution in [3.05, 3.63) is 64.4 Å². The lowest BCUT2D eigenvalue weighted by Crippen LogP contribution is -2.17. The molecular weight excluding hydrogens is 458 g/mol. The molecule has 160 valence electrons. The minimum atomic E-state index is -0.222. The summed E-state index contributed by atoms with van der Waals surface area (Å²) in [5, 5.41) is 16.3. The fourth-order valence-electron chi connectivity index (χ4n) is 2.90. The molecule has 3 aromatic rings. The van der Waals surface area contributed by atoms with Gasteiger partial charge in [0.1, 0.15) is 17.4 Å². The smallest absolute Gasteiger partial charge is 0.225 e. The first-order valence-electron chi connectivity index (χ1n) is 9.92. The fourth-order valence-corrected chi connectivity index (χ4v) is 3.39. The molecule has 0 radical (unpaired) electrons. The van der Waals surface area contributed by atoms with Crippen LogP contribution in [-0.4, -0.2) is 27.3 Å². The quantitative estimate of drug-likeness (QED) is 0.479. The molecule has 31 heavy (non-hydrogen) atoms. The Morgan fingerprint density at radius 2 is 2.10 bits per heavy atom. The number of nitrogens with zero attached hydrogens (tertiary/aromatic N) is 4. The van der Waals surface area contributed by atoms with Gasteiger partial charge in [-0.2, -0.15) is 15.0 Å². The number of anilines is 1. The number of aromatic nitrogens is 3. The van der Waals surface area contributed by atoms with E-state index >= 15 is 0 Å². The Hall–Kier alpha value is -3.18. The van der Waals surface area contributed by atoms with Gasteiger partial charge in [0.2, 0.25) is 5.91 Å². The minimum absolute atomic E-state index is 0.0587. The van der Waals surface area contributed by atoms with Crippen LogP contribution in [-0.2, 0) is 10.2 Å². The van der Waals surface area contributed by atoms with Crippen molar-refractivity contribution in [2.45, 2.75) is 39.0 Å². The summed E-state index contributed by atoms with van der Waals surface area (Å²) in [7, 11) is 0. The van der Waals surface area contributed by atoms with Crippen LogP contribution in [0.4, 0.5) is 5.82 Å². The lowest BCUT2D eigenvalue weighted by atomic mass is 9.87. The molecule has 0 fully saturated rings. The highest BCUT2D eigenvalue weighted by atomic mass is 79.9. The van der Waals surface area contributed by atoms with Crippen molar-refractivity contribution in [3.8, 4) is 17.6 Å². The molecule has 0 bridgehead atoms. The Labute approximate surface area is 190 Å². The molecular formula is C23H24BrN5O2. The van der Waals surface area contributed by atoms with Gasteiger partial charge in [0, 0.05) is 12.6 Å². The van der Waals surface area contributed by atoms with Gasteiger partial charge in [-0.3, -0.25) is 4.79 Å². The van der Waals surface area contributed by atoms with E-state index in [0.717, 1.165) is 10.2 Å². The van der Waals surface area contributed by atoms with Gasteiger partial charge in [-0.05, 0) is 57.6 Å². The Balaban J connectivity index is 1.56. The maximum absolute atomic E-state index is 12.4. The van der Waals surface area contributed by atoms with Crippen molar-refractivity contribution >= 4 is 27.7 Å². The van der Waals surface area contributed by atoms with Crippen molar-refractivity contribution in [1.29, 1.82) is 5.26 Å². The van der Waals surface area contributed by atoms with Crippen molar-refractivity contribution < 1.29 is 9.53 Å². The normalized spacial score (nSPS) is 11.1. The molecule has 3 rings (SSSR count). The van der Waals surface area contributed by atoms with Gasteiger partial charge in [-0.25, -0.2) is 4.98 Å². The largest absolute Gasteiger partial charge is 0.492 e. The van der Waals surface area contributed by atoms with Gasteiger partial charge in [-0.1, -0.05) is 32.9 Å². The maximum Gasteiger partial charge on any atom is 0.225 e. The number of hydrogen-bond donors (Lipinski definition) is 1. The van der Waals surface area contributed by atoms with Crippen LogP contribution in [0.1, 0.15) is 44.7 Å². The van der Waals surface area contributed by atoms with Gasteiger partial charge in [0.05, 0.1) is 17.3 Å². The van der Waals surface area contributed by atoms with Crippen molar-refractivity contribution in [2.75, 3.05) is 11.9 Å². The van der Waals surface area contributed by atoms with E-state index < -0.39 is 0 Å².